The van der Waals surface area contributed by atoms with E-state index in [1.54, 1.807) is 12.3 Å². The molecule has 2 aromatic rings. The summed E-state index contributed by atoms with van der Waals surface area (Å²) in [5.41, 5.74) is 1.70. The standard InChI is InChI=1S/C14H13ClN2O/c1-17(9-11-3-2-4-13(15)7-11)14-6-5-12(10-18)8-16-14/h2-8,10H,9H2,1H3. The van der Waals surface area contributed by atoms with Crippen molar-refractivity contribution in [2.24, 2.45) is 0 Å². The zero-order valence-corrected chi connectivity index (χ0v) is 10.8. The van der Waals surface area contributed by atoms with Gasteiger partial charge >= 0.3 is 0 Å². The molecule has 1 heterocycles. The Kier molecular flexibility index (Phi) is 3.95. The van der Waals surface area contributed by atoms with Crippen LogP contribution in [0.3, 0.4) is 0 Å². The highest BCUT2D eigenvalue weighted by Gasteiger charge is 2.04. The van der Waals surface area contributed by atoms with Crippen LogP contribution < -0.4 is 4.90 Å². The second-order valence-electron chi connectivity index (χ2n) is 4.05. The van der Waals surface area contributed by atoms with Crippen LogP contribution in [0.2, 0.25) is 5.02 Å². The number of halogens is 1. The van der Waals surface area contributed by atoms with E-state index >= 15 is 0 Å². The van der Waals surface area contributed by atoms with Crippen molar-refractivity contribution in [2.45, 2.75) is 6.54 Å². The SMILES string of the molecule is CN(Cc1cccc(Cl)c1)c1ccc(C=O)cn1. The zero-order valence-electron chi connectivity index (χ0n) is 10.0. The van der Waals surface area contributed by atoms with Gasteiger partial charge < -0.3 is 4.90 Å². The molecular formula is C14H13ClN2O. The second-order valence-corrected chi connectivity index (χ2v) is 4.49. The van der Waals surface area contributed by atoms with Gasteiger partial charge in [0, 0.05) is 30.4 Å². The minimum absolute atomic E-state index is 0.579. The van der Waals surface area contributed by atoms with Crippen molar-refractivity contribution in [2.75, 3.05) is 11.9 Å². The van der Waals surface area contributed by atoms with Crippen LogP contribution in [-0.2, 0) is 6.54 Å². The van der Waals surface area contributed by atoms with Gasteiger partial charge in [0.2, 0.25) is 0 Å². The molecule has 1 aromatic carbocycles. The van der Waals surface area contributed by atoms with Crippen LogP contribution in [0.15, 0.2) is 42.6 Å². The van der Waals surface area contributed by atoms with Gasteiger partial charge in [0.05, 0.1) is 0 Å². The fourth-order valence-corrected chi connectivity index (χ4v) is 1.90. The molecule has 0 unspecified atom stereocenters. The Labute approximate surface area is 111 Å². The van der Waals surface area contributed by atoms with Gasteiger partial charge in [-0.15, -0.1) is 0 Å². The minimum Gasteiger partial charge on any atom is -0.355 e. The van der Waals surface area contributed by atoms with Crippen molar-refractivity contribution in [1.82, 2.24) is 4.98 Å². The van der Waals surface area contributed by atoms with E-state index in [1.807, 2.05) is 42.3 Å². The van der Waals surface area contributed by atoms with Crippen LogP contribution in [0.25, 0.3) is 0 Å². The fourth-order valence-electron chi connectivity index (χ4n) is 1.68. The lowest BCUT2D eigenvalue weighted by molar-refractivity contribution is 0.112. The van der Waals surface area contributed by atoms with Gasteiger partial charge in [-0.25, -0.2) is 4.98 Å². The molecule has 0 spiro atoms. The number of aldehydes is 1. The molecule has 0 saturated heterocycles. The first-order valence-electron chi connectivity index (χ1n) is 5.56. The van der Waals surface area contributed by atoms with E-state index in [4.69, 9.17) is 11.6 Å². The summed E-state index contributed by atoms with van der Waals surface area (Å²) >= 11 is 5.94. The molecule has 1 aromatic heterocycles. The first-order valence-corrected chi connectivity index (χ1v) is 5.93. The van der Waals surface area contributed by atoms with Crippen LogP contribution in [-0.4, -0.2) is 18.3 Å². The van der Waals surface area contributed by atoms with E-state index in [1.165, 1.54) is 0 Å². The summed E-state index contributed by atoms with van der Waals surface area (Å²) in [7, 11) is 1.95. The van der Waals surface area contributed by atoms with E-state index in [9.17, 15) is 4.79 Å². The Morgan fingerprint density at radius 1 is 1.33 bits per heavy atom. The lowest BCUT2D eigenvalue weighted by Crippen LogP contribution is -2.17. The average Bonchev–Trinajstić information content (AvgIpc) is 2.39. The number of rotatable bonds is 4. The lowest BCUT2D eigenvalue weighted by Gasteiger charge is -2.18. The molecule has 0 N–H and O–H groups in total. The van der Waals surface area contributed by atoms with E-state index < -0.39 is 0 Å². The first-order chi connectivity index (χ1) is 8.69. The van der Waals surface area contributed by atoms with Gasteiger partial charge in [0.25, 0.3) is 0 Å². The zero-order chi connectivity index (χ0) is 13.0. The molecule has 18 heavy (non-hydrogen) atoms. The van der Waals surface area contributed by atoms with E-state index in [2.05, 4.69) is 4.98 Å². The number of carbonyl (C=O) groups excluding carboxylic acids is 1. The highest BCUT2D eigenvalue weighted by Crippen LogP contribution is 2.15. The number of aromatic nitrogens is 1. The Morgan fingerprint density at radius 2 is 2.17 bits per heavy atom. The minimum atomic E-state index is 0.579. The molecule has 0 amide bonds. The summed E-state index contributed by atoms with van der Waals surface area (Å²) in [5, 5.41) is 0.727. The van der Waals surface area contributed by atoms with Crippen molar-refractivity contribution in [3.63, 3.8) is 0 Å². The fraction of sp³-hybridized carbons (Fsp3) is 0.143. The maximum atomic E-state index is 10.5. The predicted molar refractivity (Wildman–Crippen MR) is 73.2 cm³/mol. The van der Waals surface area contributed by atoms with Crippen molar-refractivity contribution in [3.05, 3.63) is 58.7 Å². The summed E-state index contributed by atoms with van der Waals surface area (Å²) in [4.78, 5) is 16.8. The maximum Gasteiger partial charge on any atom is 0.151 e. The van der Waals surface area contributed by atoms with Gasteiger partial charge in [-0.2, -0.15) is 0 Å². The van der Waals surface area contributed by atoms with Gasteiger partial charge in [-0.3, -0.25) is 4.79 Å². The molecule has 2 rings (SSSR count). The number of anilines is 1. The van der Waals surface area contributed by atoms with E-state index in [0.29, 0.717) is 12.1 Å². The smallest absolute Gasteiger partial charge is 0.151 e. The molecule has 0 saturated carbocycles. The highest BCUT2D eigenvalue weighted by atomic mass is 35.5. The monoisotopic (exact) mass is 260 g/mol. The summed E-state index contributed by atoms with van der Waals surface area (Å²) in [6, 6.07) is 11.3. The Balaban J connectivity index is 2.11. The van der Waals surface area contributed by atoms with Crippen LogP contribution in [0.4, 0.5) is 5.82 Å². The summed E-state index contributed by atoms with van der Waals surface area (Å²) in [5.74, 6) is 0.820. The molecule has 0 fully saturated rings. The Hall–Kier alpha value is -1.87. The third-order valence-electron chi connectivity index (χ3n) is 2.61. The van der Waals surface area contributed by atoms with Crippen LogP contribution >= 0.6 is 11.6 Å². The van der Waals surface area contributed by atoms with Crippen LogP contribution in [0.1, 0.15) is 15.9 Å². The Morgan fingerprint density at radius 3 is 2.78 bits per heavy atom. The van der Waals surface area contributed by atoms with Crippen LogP contribution in [0.5, 0.6) is 0 Å². The van der Waals surface area contributed by atoms with Crippen molar-refractivity contribution in [1.29, 1.82) is 0 Å². The quantitative estimate of drug-likeness (QED) is 0.792. The maximum absolute atomic E-state index is 10.5. The average molecular weight is 261 g/mol. The van der Waals surface area contributed by atoms with E-state index in [0.717, 1.165) is 22.7 Å². The molecule has 0 radical (unpaired) electrons. The first kappa shape index (κ1) is 12.6. The van der Waals surface area contributed by atoms with Crippen molar-refractivity contribution >= 4 is 23.7 Å². The summed E-state index contributed by atoms with van der Waals surface area (Å²) < 4.78 is 0. The molecule has 0 aliphatic heterocycles. The number of benzene rings is 1. The molecule has 4 heteroatoms. The molecule has 3 nitrogen and oxygen atoms in total. The number of nitrogens with zero attached hydrogens (tertiary/aromatic N) is 2. The highest BCUT2D eigenvalue weighted by molar-refractivity contribution is 6.30. The van der Waals surface area contributed by atoms with Gasteiger partial charge in [0.15, 0.2) is 6.29 Å². The van der Waals surface area contributed by atoms with E-state index in [-0.39, 0.29) is 0 Å². The Bertz CT molecular complexity index is 540. The lowest BCUT2D eigenvalue weighted by atomic mass is 10.2. The van der Waals surface area contributed by atoms with Gasteiger partial charge in [0.1, 0.15) is 5.82 Å². The normalized spacial score (nSPS) is 10.1. The molecular weight excluding hydrogens is 248 g/mol. The molecule has 0 aliphatic rings. The van der Waals surface area contributed by atoms with Crippen LogP contribution in [0, 0.1) is 0 Å². The van der Waals surface area contributed by atoms with Gasteiger partial charge in [-0.05, 0) is 29.8 Å². The largest absolute Gasteiger partial charge is 0.355 e. The van der Waals surface area contributed by atoms with Gasteiger partial charge in [-0.1, -0.05) is 23.7 Å². The number of carbonyl (C=O) groups is 1. The summed E-state index contributed by atoms with van der Waals surface area (Å²) in [6.07, 6.45) is 2.35. The molecule has 92 valence electrons. The topological polar surface area (TPSA) is 33.2 Å². The van der Waals surface area contributed by atoms with Crippen molar-refractivity contribution < 1.29 is 4.79 Å². The molecule has 0 bridgehead atoms. The number of pyridine rings is 1. The predicted octanol–water partition coefficient (Wildman–Crippen LogP) is 3.18. The number of hydrogen-bond acceptors (Lipinski definition) is 3. The molecule has 0 aliphatic carbocycles. The molecule has 0 atom stereocenters. The number of hydrogen-bond donors (Lipinski definition) is 0. The third-order valence-corrected chi connectivity index (χ3v) is 2.84. The second kappa shape index (κ2) is 5.65. The summed E-state index contributed by atoms with van der Waals surface area (Å²) in [6.45, 7) is 0.716. The van der Waals surface area contributed by atoms with Crippen molar-refractivity contribution in [3.8, 4) is 0 Å². The third kappa shape index (κ3) is 3.08.